The highest BCUT2D eigenvalue weighted by Gasteiger charge is 2.45. The highest BCUT2D eigenvalue weighted by molar-refractivity contribution is 6.46. The van der Waals surface area contributed by atoms with Crippen molar-refractivity contribution in [2.24, 2.45) is 0 Å². The third-order valence-corrected chi connectivity index (χ3v) is 5.45. The van der Waals surface area contributed by atoms with Crippen LogP contribution in [0.1, 0.15) is 36.1 Å². The fraction of sp³-hybridized carbons (Fsp3) is 0.185. The van der Waals surface area contributed by atoms with E-state index >= 15 is 0 Å². The minimum absolute atomic E-state index is 0.0966. The van der Waals surface area contributed by atoms with Crippen LogP contribution >= 0.6 is 0 Å². The van der Waals surface area contributed by atoms with E-state index in [0.29, 0.717) is 17.9 Å². The molecule has 1 aliphatic rings. The van der Waals surface area contributed by atoms with Crippen LogP contribution in [0.25, 0.3) is 5.76 Å². The summed E-state index contributed by atoms with van der Waals surface area (Å²) in [6, 6.07) is 25.1. The zero-order valence-corrected chi connectivity index (χ0v) is 17.9. The summed E-state index contributed by atoms with van der Waals surface area (Å²) in [5, 5.41) is 11.1. The quantitative estimate of drug-likeness (QED) is 0.324. The molecule has 4 rings (SSSR count). The number of nitrogens with zero attached hydrogens (tertiary/aromatic N) is 1. The molecule has 1 atom stereocenters. The second-order valence-corrected chi connectivity index (χ2v) is 7.70. The van der Waals surface area contributed by atoms with Crippen molar-refractivity contribution in [3.8, 4) is 5.75 Å². The van der Waals surface area contributed by atoms with E-state index in [2.05, 4.69) is 0 Å². The SMILES string of the molecule is CCCOc1ccc(/C(O)=C2/C(=O)C(=O)N(Cc3ccccc3)C2c2ccccc2)cc1. The van der Waals surface area contributed by atoms with Gasteiger partial charge in [0.25, 0.3) is 11.7 Å². The van der Waals surface area contributed by atoms with Crippen molar-refractivity contribution in [1.82, 2.24) is 4.90 Å². The van der Waals surface area contributed by atoms with Gasteiger partial charge in [-0.15, -0.1) is 0 Å². The van der Waals surface area contributed by atoms with Crippen LogP contribution in [0.15, 0.2) is 90.5 Å². The van der Waals surface area contributed by atoms with Gasteiger partial charge in [0.05, 0.1) is 18.2 Å². The summed E-state index contributed by atoms with van der Waals surface area (Å²) in [6.45, 7) is 2.90. The van der Waals surface area contributed by atoms with E-state index in [1.807, 2.05) is 67.6 Å². The van der Waals surface area contributed by atoms with Gasteiger partial charge in [-0.05, 0) is 41.8 Å². The van der Waals surface area contributed by atoms with Crippen molar-refractivity contribution in [1.29, 1.82) is 0 Å². The molecule has 3 aromatic rings. The molecule has 5 nitrogen and oxygen atoms in total. The minimum atomic E-state index is -0.682. The average Bonchev–Trinajstić information content (AvgIpc) is 3.09. The molecule has 0 bridgehead atoms. The Bertz CT molecular complexity index is 1120. The monoisotopic (exact) mass is 427 g/mol. The van der Waals surface area contributed by atoms with Crippen LogP contribution < -0.4 is 4.74 Å². The summed E-state index contributed by atoms with van der Waals surface area (Å²) < 4.78 is 5.60. The molecule has 1 fully saturated rings. The number of rotatable bonds is 7. The largest absolute Gasteiger partial charge is 0.507 e. The third kappa shape index (κ3) is 4.28. The number of hydrogen-bond donors (Lipinski definition) is 1. The number of aliphatic hydroxyl groups excluding tert-OH is 1. The summed E-state index contributed by atoms with van der Waals surface area (Å²) in [5.41, 5.74) is 2.24. The number of ketones is 1. The number of likely N-dealkylation sites (tertiary alicyclic amines) is 1. The molecule has 0 aliphatic carbocycles. The van der Waals surface area contributed by atoms with Gasteiger partial charge in [0.1, 0.15) is 11.5 Å². The van der Waals surface area contributed by atoms with Gasteiger partial charge in [-0.25, -0.2) is 0 Å². The molecule has 162 valence electrons. The van der Waals surface area contributed by atoms with Crippen LogP contribution in [0.3, 0.4) is 0 Å². The molecular formula is C27H25NO4. The lowest BCUT2D eigenvalue weighted by Crippen LogP contribution is -2.29. The maximum absolute atomic E-state index is 13.1. The Balaban J connectivity index is 1.76. The zero-order valence-electron chi connectivity index (χ0n) is 17.9. The van der Waals surface area contributed by atoms with Crippen molar-refractivity contribution in [2.45, 2.75) is 25.9 Å². The Morgan fingerprint density at radius 1 is 0.906 bits per heavy atom. The Morgan fingerprint density at radius 3 is 2.16 bits per heavy atom. The van der Waals surface area contributed by atoms with E-state index in [-0.39, 0.29) is 17.9 Å². The predicted molar refractivity (Wildman–Crippen MR) is 123 cm³/mol. The molecule has 32 heavy (non-hydrogen) atoms. The third-order valence-electron chi connectivity index (χ3n) is 5.45. The van der Waals surface area contributed by atoms with Crippen LogP contribution in [0.4, 0.5) is 0 Å². The van der Waals surface area contributed by atoms with Crippen LogP contribution in [0.2, 0.25) is 0 Å². The summed E-state index contributed by atoms with van der Waals surface area (Å²) >= 11 is 0. The van der Waals surface area contributed by atoms with Crippen LogP contribution in [0.5, 0.6) is 5.75 Å². The van der Waals surface area contributed by atoms with Gasteiger partial charge in [0.15, 0.2) is 0 Å². The maximum atomic E-state index is 13.1. The summed E-state index contributed by atoms with van der Waals surface area (Å²) in [5.74, 6) is -0.798. The number of carbonyl (C=O) groups is 2. The van der Waals surface area contributed by atoms with Crippen molar-refractivity contribution in [2.75, 3.05) is 6.61 Å². The zero-order chi connectivity index (χ0) is 22.5. The van der Waals surface area contributed by atoms with E-state index in [0.717, 1.165) is 17.5 Å². The standard InChI is InChI=1S/C27H25NO4/c1-2-17-32-22-15-13-21(14-16-22)25(29)23-24(20-11-7-4-8-12-20)28(27(31)26(23)30)18-19-9-5-3-6-10-19/h3-16,24,29H,2,17-18H2,1H3/b25-23-. The number of carbonyl (C=O) groups excluding carboxylic acids is 2. The number of Topliss-reactive ketones (excluding diaryl/α,β-unsaturated/α-hetero) is 1. The molecule has 3 aromatic carbocycles. The van der Waals surface area contributed by atoms with Crippen molar-refractivity contribution in [3.05, 3.63) is 107 Å². The van der Waals surface area contributed by atoms with Crippen molar-refractivity contribution >= 4 is 17.4 Å². The topological polar surface area (TPSA) is 66.8 Å². The molecule has 0 saturated carbocycles. The number of ether oxygens (including phenoxy) is 1. The second-order valence-electron chi connectivity index (χ2n) is 7.70. The first-order valence-electron chi connectivity index (χ1n) is 10.7. The Kier molecular flexibility index (Phi) is 6.36. The maximum Gasteiger partial charge on any atom is 0.295 e. The molecule has 0 spiro atoms. The fourth-order valence-corrected chi connectivity index (χ4v) is 3.89. The van der Waals surface area contributed by atoms with Crippen molar-refractivity contribution < 1.29 is 19.4 Å². The van der Waals surface area contributed by atoms with Crippen LogP contribution in [0, 0.1) is 0 Å². The fourth-order valence-electron chi connectivity index (χ4n) is 3.89. The first kappa shape index (κ1) is 21.4. The van der Waals surface area contributed by atoms with Crippen LogP contribution in [-0.2, 0) is 16.1 Å². The predicted octanol–water partition coefficient (Wildman–Crippen LogP) is 5.10. The average molecular weight is 428 g/mol. The number of aliphatic hydroxyl groups is 1. The molecular weight excluding hydrogens is 402 g/mol. The highest BCUT2D eigenvalue weighted by atomic mass is 16.5. The van der Waals surface area contributed by atoms with E-state index in [1.165, 1.54) is 4.90 Å². The highest BCUT2D eigenvalue weighted by Crippen LogP contribution is 2.40. The van der Waals surface area contributed by atoms with Gasteiger partial charge >= 0.3 is 0 Å². The molecule has 5 heteroatoms. The van der Waals surface area contributed by atoms with Gasteiger partial charge in [-0.3, -0.25) is 9.59 Å². The van der Waals surface area contributed by atoms with Crippen molar-refractivity contribution in [3.63, 3.8) is 0 Å². The molecule has 0 radical (unpaired) electrons. The lowest BCUT2D eigenvalue weighted by atomic mass is 9.95. The molecule has 1 unspecified atom stereocenters. The lowest BCUT2D eigenvalue weighted by Gasteiger charge is -2.25. The number of benzene rings is 3. The molecule has 1 saturated heterocycles. The normalized spacial score (nSPS) is 17.5. The van der Waals surface area contributed by atoms with Gasteiger partial charge in [0.2, 0.25) is 0 Å². The van der Waals surface area contributed by atoms with Gasteiger partial charge in [-0.2, -0.15) is 0 Å². The van der Waals surface area contributed by atoms with Gasteiger partial charge in [-0.1, -0.05) is 67.6 Å². The summed E-state index contributed by atoms with van der Waals surface area (Å²) in [6.07, 6.45) is 0.893. The Labute approximate surface area is 187 Å². The van der Waals surface area contributed by atoms with E-state index in [1.54, 1.807) is 24.3 Å². The summed E-state index contributed by atoms with van der Waals surface area (Å²) in [4.78, 5) is 27.6. The number of hydrogen-bond acceptors (Lipinski definition) is 4. The lowest BCUT2D eigenvalue weighted by molar-refractivity contribution is -0.140. The van der Waals surface area contributed by atoms with Gasteiger partial charge in [0, 0.05) is 12.1 Å². The van der Waals surface area contributed by atoms with E-state index in [4.69, 9.17) is 4.74 Å². The first-order valence-corrected chi connectivity index (χ1v) is 10.7. The smallest absolute Gasteiger partial charge is 0.295 e. The van der Waals surface area contributed by atoms with Crippen LogP contribution in [-0.4, -0.2) is 28.3 Å². The molecule has 1 heterocycles. The second kappa shape index (κ2) is 9.52. The molecule has 1 amide bonds. The minimum Gasteiger partial charge on any atom is -0.507 e. The van der Waals surface area contributed by atoms with E-state index < -0.39 is 17.7 Å². The van der Waals surface area contributed by atoms with Gasteiger partial charge < -0.3 is 14.7 Å². The van der Waals surface area contributed by atoms with E-state index in [9.17, 15) is 14.7 Å². The molecule has 0 aromatic heterocycles. The molecule has 1 aliphatic heterocycles. The molecule has 1 N–H and O–H groups in total. The Hall–Kier alpha value is -3.86. The number of amides is 1. The summed E-state index contributed by atoms with van der Waals surface area (Å²) in [7, 11) is 0. The first-order chi connectivity index (χ1) is 15.6. The Morgan fingerprint density at radius 2 is 1.53 bits per heavy atom.